The van der Waals surface area contributed by atoms with Crippen LogP contribution in [0.5, 0.6) is 29.5 Å². The molecule has 3 heterocycles. The van der Waals surface area contributed by atoms with Crippen molar-refractivity contribution < 1.29 is 28.2 Å². The molecule has 0 unspecified atom stereocenters. The maximum Gasteiger partial charge on any atom is 0.322 e. The molecule has 4 rings (SSSR count). The predicted molar refractivity (Wildman–Crippen MR) is 125 cm³/mol. The van der Waals surface area contributed by atoms with E-state index in [0.29, 0.717) is 0 Å². The Morgan fingerprint density at radius 1 is 1.06 bits per heavy atom. The van der Waals surface area contributed by atoms with Crippen LogP contribution in [-0.2, 0) is 6.42 Å². The first-order chi connectivity index (χ1) is 15.7. The number of rotatable bonds is 7. The Morgan fingerprint density at radius 2 is 1.76 bits per heavy atom. The summed E-state index contributed by atoms with van der Waals surface area (Å²) in [5.74, 6) is 0.660. The summed E-state index contributed by atoms with van der Waals surface area (Å²) in [6.07, 6.45) is 1.07. The van der Waals surface area contributed by atoms with Gasteiger partial charge >= 0.3 is 6.01 Å². The highest BCUT2D eigenvalue weighted by Gasteiger charge is 2.32. The number of carbonyl (C=O) groups excluding carboxylic acids is 1. The van der Waals surface area contributed by atoms with Gasteiger partial charge in [0.15, 0.2) is 11.4 Å². The van der Waals surface area contributed by atoms with E-state index in [9.17, 15) is 4.79 Å². The number of aryl methyl sites for hydroxylation is 2. The number of carbonyl (C=O) groups is 1. The molecular formula is C23H27N3O6Si. The number of benzene rings is 1. The van der Waals surface area contributed by atoms with Crippen LogP contribution in [0.3, 0.4) is 0 Å². The first kappa shape index (κ1) is 22.7. The van der Waals surface area contributed by atoms with Crippen molar-refractivity contribution in [2.75, 3.05) is 26.6 Å². The summed E-state index contributed by atoms with van der Waals surface area (Å²) >= 11 is 0. The number of ether oxygens (including phenoxy) is 4. The second-order valence-corrected chi connectivity index (χ2v) is 13.2. The van der Waals surface area contributed by atoms with E-state index in [-0.39, 0.29) is 35.2 Å². The van der Waals surface area contributed by atoms with Crippen molar-refractivity contribution in [2.45, 2.75) is 32.5 Å². The molecule has 0 bridgehead atoms. The molecule has 33 heavy (non-hydrogen) atoms. The van der Waals surface area contributed by atoms with Crippen LogP contribution in [0.15, 0.2) is 28.7 Å². The summed E-state index contributed by atoms with van der Waals surface area (Å²) in [7, 11) is 2.90. The fourth-order valence-corrected chi connectivity index (χ4v) is 6.77. The number of nitrogens with one attached hydrogen (secondary N) is 1. The third-order valence-corrected chi connectivity index (χ3v) is 9.22. The van der Waals surface area contributed by atoms with Crippen molar-refractivity contribution in [3.8, 4) is 29.5 Å². The summed E-state index contributed by atoms with van der Waals surface area (Å²) in [5.41, 5.74) is 2.55. The van der Waals surface area contributed by atoms with E-state index in [2.05, 4.69) is 40.5 Å². The molecule has 1 aliphatic rings. The van der Waals surface area contributed by atoms with Gasteiger partial charge in [-0.3, -0.25) is 4.79 Å². The van der Waals surface area contributed by atoms with Crippen LogP contribution >= 0.6 is 0 Å². The highest BCUT2D eigenvalue weighted by Crippen LogP contribution is 2.35. The Bertz CT molecular complexity index is 1180. The number of hydrogen-bond donors (Lipinski definition) is 1. The number of amides is 1. The normalized spacial score (nSPS) is 13.9. The van der Waals surface area contributed by atoms with Crippen LogP contribution < -0.4 is 29.5 Å². The molecule has 3 aromatic rings. The van der Waals surface area contributed by atoms with Crippen molar-refractivity contribution in [3.05, 3.63) is 41.2 Å². The lowest BCUT2D eigenvalue weighted by molar-refractivity contribution is 0.0990. The zero-order valence-corrected chi connectivity index (χ0v) is 20.6. The molecule has 1 aromatic carbocycles. The lowest BCUT2D eigenvalue weighted by Gasteiger charge is -2.17. The fraction of sp³-hybridized carbons (Fsp3) is 0.348. The SMILES string of the molecule is COc1nc(OC)c(NC(=O)c2ccc(Oc3cc4c(cc3C)[Si](C)(C)CC4)o2)c(OC)n1. The zero-order chi connectivity index (χ0) is 23.8. The average Bonchev–Trinajstić information content (AvgIpc) is 3.38. The molecule has 1 aliphatic heterocycles. The molecule has 0 spiro atoms. The zero-order valence-electron chi connectivity index (χ0n) is 19.6. The Kier molecular flexibility index (Phi) is 6.02. The quantitative estimate of drug-likeness (QED) is 0.519. The molecule has 0 aliphatic carbocycles. The number of methoxy groups -OCH3 is 3. The van der Waals surface area contributed by atoms with Crippen LogP contribution in [0.2, 0.25) is 19.1 Å². The third kappa shape index (κ3) is 4.38. The lowest BCUT2D eigenvalue weighted by atomic mass is 10.1. The first-order valence-electron chi connectivity index (χ1n) is 10.5. The molecule has 174 valence electrons. The second kappa shape index (κ2) is 8.78. The van der Waals surface area contributed by atoms with Crippen LogP contribution in [-0.4, -0.2) is 45.3 Å². The summed E-state index contributed by atoms with van der Waals surface area (Å²) in [5, 5.41) is 4.16. The van der Waals surface area contributed by atoms with Crippen molar-refractivity contribution >= 4 is 24.9 Å². The van der Waals surface area contributed by atoms with E-state index in [1.165, 1.54) is 44.2 Å². The van der Waals surface area contributed by atoms with Crippen molar-refractivity contribution in [1.29, 1.82) is 0 Å². The number of fused-ring (bicyclic) bond motifs is 1. The summed E-state index contributed by atoms with van der Waals surface area (Å²) < 4.78 is 27.1. The van der Waals surface area contributed by atoms with Gasteiger partial charge in [0.25, 0.3) is 11.9 Å². The molecule has 0 saturated heterocycles. The van der Waals surface area contributed by atoms with Gasteiger partial charge in [0.2, 0.25) is 11.8 Å². The van der Waals surface area contributed by atoms with Gasteiger partial charge < -0.3 is 28.7 Å². The Morgan fingerprint density at radius 3 is 2.39 bits per heavy atom. The molecule has 2 aromatic heterocycles. The number of aromatic nitrogens is 2. The van der Waals surface area contributed by atoms with Gasteiger partial charge in [-0.15, -0.1) is 0 Å². The van der Waals surface area contributed by atoms with Gasteiger partial charge in [-0.2, -0.15) is 9.97 Å². The number of anilines is 1. The van der Waals surface area contributed by atoms with E-state index in [1.807, 2.05) is 6.92 Å². The Balaban J connectivity index is 1.54. The van der Waals surface area contributed by atoms with Gasteiger partial charge in [0.05, 0.1) is 29.4 Å². The van der Waals surface area contributed by atoms with Gasteiger partial charge in [-0.25, -0.2) is 0 Å². The first-order valence-corrected chi connectivity index (χ1v) is 13.7. The van der Waals surface area contributed by atoms with Crippen LogP contribution in [0, 0.1) is 6.92 Å². The standard InChI is InChI=1S/C23H27N3O6Si/c1-13-11-17-14(9-10-33(17,5)6)12-16(13)32-18-8-7-15(31-18)20(27)24-19-21(28-2)25-23(30-4)26-22(19)29-3/h7-8,11-12H,9-10H2,1-6H3,(H,24,27). The number of furan rings is 1. The minimum absolute atomic E-state index is 0.0474. The monoisotopic (exact) mass is 469 g/mol. The third-order valence-electron chi connectivity index (χ3n) is 5.79. The molecule has 0 fully saturated rings. The second-order valence-electron chi connectivity index (χ2n) is 8.44. The van der Waals surface area contributed by atoms with Crippen LogP contribution in [0.25, 0.3) is 0 Å². The predicted octanol–water partition coefficient (Wildman–Crippen LogP) is 3.92. The minimum Gasteiger partial charge on any atom is -0.479 e. The van der Waals surface area contributed by atoms with Gasteiger partial charge in [-0.1, -0.05) is 24.3 Å². The van der Waals surface area contributed by atoms with Crippen molar-refractivity contribution in [3.63, 3.8) is 0 Å². The van der Waals surface area contributed by atoms with E-state index in [1.54, 1.807) is 6.07 Å². The Labute approximate surface area is 193 Å². The van der Waals surface area contributed by atoms with E-state index in [4.69, 9.17) is 23.4 Å². The smallest absolute Gasteiger partial charge is 0.322 e. The molecule has 1 N–H and O–H groups in total. The van der Waals surface area contributed by atoms with Gasteiger partial charge in [0.1, 0.15) is 5.75 Å². The van der Waals surface area contributed by atoms with Gasteiger partial charge in [-0.05, 0) is 42.6 Å². The number of hydrogen-bond acceptors (Lipinski definition) is 8. The molecule has 0 saturated carbocycles. The molecule has 0 radical (unpaired) electrons. The summed E-state index contributed by atoms with van der Waals surface area (Å²) in [6.45, 7) is 6.82. The maximum atomic E-state index is 12.8. The molecular weight excluding hydrogens is 442 g/mol. The van der Waals surface area contributed by atoms with Crippen LogP contribution in [0.1, 0.15) is 21.7 Å². The maximum absolute atomic E-state index is 12.8. The average molecular weight is 470 g/mol. The number of nitrogens with zero attached hydrogens (tertiary/aromatic N) is 2. The minimum atomic E-state index is -1.35. The lowest BCUT2D eigenvalue weighted by Crippen LogP contribution is -2.37. The highest BCUT2D eigenvalue weighted by atomic mass is 28.3. The molecule has 0 atom stereocenters. The van der Waals surface area contributed by atoms with Gasteiger partial charge in [0, 0.05) is 6.07 Å². The topological polar surface area (TPSA) is 105 Å². The molecule has 9 nitrogen and oxygen atoms in total. The van der Waals surface area contributed by atoms with E-state index in [0.717, 1.165) is 17.7 Å². The largest absolute Gasteiger partial charge is 0.479 e. The van der Waals surface area contributed by atoms with E-state index >= 15 is 0 Å². The fourth-order valence-electron chi connectivity index (χ4n) is 3.93. The molecule has 10 heteroatoms. The van der Waals surface area contributed by atoms with E-state index < -0.39 is 14.0 Å². The highest BCUT2D eigenvalue weighted by molar-refractivity contribution is 6.91. The molecule has 1 amide bonds. The Hall–Kier alpha value is -3.53. The van der Waals surface area contributed by atoms with Crippen molar-refractivity contribution in [1.82, 2.24) is 9.97 Å². The van der Waals surface area contributed by atoms with Crippen LogP contribution in [0.4, 0.5) is 5.69 Å². The summed E-state index contributed by atoms with van der Waals surface area (Å²) in [6, 6.07) is 8.78. The summed E-state index contributed by atoms with van der Waals surface area (Å²) in [4.78, 5) is 21.0. The van der Waals surface area contributed by atoms with Crippen molar-refractivity contribution in [2.24, 2.45) is 0 Å².